The SMILES string of the molecule is CC(NCCOc1ccccc1)C(C)n1ncn(-c2ccc(N3CCN(c4ccc(OCC5COC(Cc6ncn[nH]6)(c6ccc(F)cc6F)O5)cc4)CC3)cc2)c1=O. The summed E-state index contributed by atoms with van der Waals surface area (Å²) in [6.45, 7) is 8.81. The van der Waals surface area contributed by atoms with Crippen LogP contribution in [-0.2, 0) is 21.7 Å². The molecule has 16 heteroatoms. The minimum Gasteiger partial charge on any atom is -0.492 e. The van der Waals surface area contributed by atoms with Crippen molar-refractivity contribution < 1.29 is 27.7 Å². The fraction of sp³-hybridized carbons (Fsp3) is 0.349. The Morgan fingerprint density at radius 3 is 2.24 bits per heavy atom. The van der Waals surface area contributed by atoms with Gasteiger partial charge in [0.15, 0.2) is 0 Å². The van der Waals surface area contributed by atoms with Gasteiger partial charge in [-0.2, -0.15) is 10.2 Å². The lowest BCUT2D eigenvalue weighted by Crippen LogP contribution is -2.46. The van der Waals surface area contributed by atoms with Crippen molar-refractivity contribution in [3.05, 3.63) is 143 Å². The second-order valence-corrected chi connectivity index (χ2v) is 14.7. The molecule has 2 fully saturated rings. The van der Waals surface area contributed by atoms with Gasteiger partial charge in [-0.05, 0) is 86.6 Å². The largest absolute Gasteiger partial charge is 0.492 e. The Labute approximate surface area is 340 Å². The maximum Gasteiger partial charge on any atom is 0.350 e. The summed E-state index contributed by atoms with van der Waals surface area (Å²) in [5, 5.41) is 14.5. The van der Waals surface area contributed by atoms with E-state index in [-0.39, 0.29) is 43.0 Å². The highest BCUT2D eigenvalue weighted by atomic mass is 19.1. The van der Waals surface area contributed by atoms with Crippen molar-refractivity contribution in [3.8, 4) is 17.2 Å². The van der Waals surface area contributed by atoms with Gasteiger partial charge >= 0.3 is 5.69 Å². The number of nitrogens with zero attached hydrogens (tertiary/aromatic N) is 7. The van der Waals surface area contributed by atoms with Gasteiger partial charge < -0.3 is 34.1 Å². The molecule has 0 amide bonds. The molecule has 4 heterocycles. The quantitative estimate of drug-likeness (QED) is 0.124. The summed E-state index contributed by atoms with van der Waals surface area (Å²) >= 11 is 0. The zero-order chi connectivity index (χ0) is 40.8. The molecule has 2 aromatic heterocycles. The van der Waals surface area contributed by atoms with Gasteiger partial charge in [0.2, 0.25) is 5.79 Å². The summed E-state index contributed by atoms with van der Waals surface area (Å²) in [5.74, 6) is -1.06. The highest BCUT2D eigenvalue weighted by molar-refractivity contribution is 5.54. The fourth-order valence-corrected chi connectivity index (χ4v) is 7.43. The van der Waals surface area contributed by atoms with Crippen molar-refractivity contribution in [1.29, 1.82) is 0 Å². The molecule has 59 heavy (non-hydrogen) atoms. The van der Waals surface area contributed by atoms with Gasteiger partial charge in [-0.25, -0.2) is 27.8 Å². The molecule has 2 aliphatic heterocycles. The number of hydrogen-bond donors (Lipinski definition) is 2. The highest BCUT2D eigenvalue weighted by Gasteiger charge is 2.46. The third kappa shape index (κ3) is 9.14. The second kappa shape index (κ2) is 17.8. The number of nitrogens with one attached hydrogen (secondary N) is 2. The van der Waals surface area contributed by atoms with Crippen LogP contribution in [0.3, 0.4) is 0 Å². The van der Waals surface area contributed by atoms with Crippen LogP contribution in [0.15, 0.2) is 115 Å². The van der Waals surface area contributed by atoms with E-state index in [1.54, 1.807) is 10.9 Å². The first-order valence-corrected chi connectivity index (χ1v) is 19.8. The molecule has 308 valence electrons. The molecule has 0 radical (unpaired) electrons. The molecule has 0 saturated carbocycles. The van der Waals surface area contributed by atoms with Gasteiger partial charge in [0, 0.05) is 61.8 Å². The molecule has 14 nitrogen and oxygen atoms in total. The van der Waals surface area contributed by atoms with Crippen molar-refractivity contribution in [3.63, 3.8) is 0 Å². The van der Waals surface area contributed by atoms with Crippen molar-refractivity contribution >= 4 is 11.4 Å². The number of ether oxygens (including phenoxy) is 4. The van der Waals surface area contributed by atoms with Gasteiger partial charge in [0.1, 0.15) is 60.9 Å². The minimum absolute atomic E-state index is 0.000799. The Morgan fingerprint density at radius 2 is 1.56 bits per heavy atom. The van der Waals surface area contributed by atoms with Crippen LogP contribution in [0, 0.1) is 11.6 Å². The fourth-order valence-electron chi connectivity index (χ4n) is 7.43. The molecular formula is C43H47F2N9O5. The summed E-state index contributed by atoms with van der Waals surface area (Å²) in [4.78, 5) is 22.2. The molecule has 2 aliphatic rings. The molecule has 2 N–H and O–H groups in total. The molecule has 4 atom stereocenters. The molecule has 0 bridgehead atoms. The molecule has 6 aromatic rings. The van der Waals surface area contributed by atoms with Crippen molar-refractivity contribution in [2.45, 2.75) is 44.2 Å². The number of aromatic nitrogens is 6. The molecule has 0 spiro atoms. The third-order valence-corrected chi connectivity index (χ3v) is 10.9. The van der Waals surface area contributed by atoms with Crippen molar-refractivity contribution in [2.24, 2.45) is 0 Å². The number of piperazine rings is 1. The lowest BCUT2D eigenvalue weighted by molar-refractivity contribution is -0.181. The topological polar surface area (TPSA) is 137 Å². The van der Waals surface area contributed by atoms with E-state index in [4.69, 9.17) is 18.9 Å². The summed E-state index contributed by atoms with van der Waals surface area (Å²) in [6, 6.07) is 28.8. The van der Waals surface area contributed by atoms with Crippen LogP contribution in [-0.4, -0.2) is 94.2 Å². The average molecular weight is 808 g/mol. The first kappa shape index (κ1) is 39.7. The van der Waals surface area contributed by atoms with E-state index in [9.17, 15) is 13.6 Å². The van der Waals surface area contributed by atoms with Gasteiger partial charge in [0.25, 0.3) is 0 Å². The number of benzene rings is 4. The average Bonchev–Trinajstić information content (AvgIpc) is 4.03. The summed E-state index contributed by atoms with van der Waals surface area (Å²) in [5.41, 5.74) is 2.82. The van der Waals surface area contributed by atoms with Crippen LogP contribution in [0.25, 0.3) is 5.69 Å². The molecule has 4 aromatic carbocycles. The van der Waals surface area contributed by atoms with Gasteiger partial charge in [-0.15, -0.1) is 0 Å². The van der Waals surface area contributed by atoms with E-state index < -0.39 is 23.5 Å². The van der Waals surface area contributed by atoms with Gasteiger partial charge in [-0.1, -0.05) is 18.2 Å². The van der Waals surface area contributed by atoms with Crippen LogP contribution >= 0.6 is 0 Å². The number of aromatic amines is 1. The Balaban J connectivity index is 0.803. The summed E-state index contributed by atoms with van der Waals surface area (Å²) in [6.07, 6.45) is 2.47. The molecule has 4 unspecified atom stereocenters. The standard InChI is InChI=1S/C43H47F2N9O5/c1-30(46-18-23-56-36-6-4-3-5-7-36)31(2)54-42(55)53(29-49-54)35-11-9-33(10-12-35)51-19-21-52(22-20-51)34-13-15-37(16-14-34)57-26-38-27-58-43(59-38,25-41-47-28-48-50-41)39-17-8-32(44)24-40(39)45/h3-17,24,28-31,38,46H,18-23,25-27H2,1-2H3,(H,47,48,50). The van der Waals surface area contributed by atoms with E-state index in [0.29, 0.717) is 24.7 Å². The summed E-state index contributed by atoms with van der Waals surface area (Å²) < 4.78 is 55.9. The van der Waals surface area contributed by atoms with Crippen LogP contribution in [0.4, 0.5) is 20.2 Å². The van der Waals surface area contributed by atoms with Crippen LogP contribution in [0.5, 0.6) is 11.5 Å². The summed E-state index contributed by atoms with van der Waals surface area (Å²) in [7, 11) is 0. The number of H-pyrrole nitrogens is 1. The van der Waals surface area contributed by atoms with E-state index >= 15 is 0 Å². The predicted octanol–water partition coefficient (Wildman–Crippen LogP) is 5.26. The maximum absolute atomic E-state index is 14.9. The Hall–Kier alpha value is -6.10. The maximum atomic E-state index is 14.9. The number of hydrogen-bond acceptors (Lipinski definition) is 11. The zero-order valence-electron chi connectivity index (χ0n) is 32.9. The molecule has 0 aliphatic carbocycles. The number of halogens is 2. The predicted molar refractivity (Wildman–Crippen MR) is 217 cm³/mol. The molecular weight excluding hydrogens is 761 g/mol. The minimum atomic E-state index is -1.52. The van der Waals surface area contributed by atoms with E-state index in [1.165, 1.54) is 23.1 Å². The van der Waals surface area contributed by atoms with Crippen LogP contribution in [0.1, 0.15) is 31.3 Å². The number of rotatable bonds is 16. The highest BCUT2D eigenvalue weighted by Crippen LogP contribution is 2.39. The Kier molecular flexibility index (Phi) is 12.0. The smallest absolute Gasteiger partial charge is 0.350 e. The zero-order valence-corrected chi connectivity index (χ0v) is 32.9. The lowest BCUT2D eigenvalue weighted by atomic mass is 10.0. The number of anilines is 2. The third-order valence-electron chi connectivity index (χ3n) is 10.9. The van der Waals surface area contributed by atoms with Crippen LogP contribution in [0.2, 0.25) is 0 Å². The monoisotopic (exact) mass is 807 g/mol. The van der Waals surface area contributed by atoms with E-state index in [2.05, 4.69) is 47.5 Å². The Bertz CT molecular complexity index is 2320. The van der Waals surface area contributed by atoms with Crippen molar-refractivity contribution in [2.75, 3.05) is 62.3 Å². The molecule has 2 saturated heterocycles. The first-order chi connectivity index (χ1) is 28.7. The normalized spacial score (nSPS) is 19.2. The number of para-hydroxylation sites is 1. The van der Waals surface area contributed by atoms with E-state index in [0.717, 1.165) is 55.1 Å². The Morgan fingerprint density at radius 1 is 0.881 bits per heavy atom. The second-order valence-electron chi connectivity index (χ2n) is 14.7. The van der Waals surface area contributed by atoms with Gasteiger partial charge in [0.05, 0.1) is 24.8 Å². The lowest BCUT2D eigenvalue weighted by Gasteiger charge is -2.37. The van der Waals surface area contributed by atoms with Crippen molar-refractivity contribution in [1.82, 2.24) is 34.8 Å². The van der Waals surface area contributed by atoms with Crippen LogP contribution < -0.4 is 30.3 Å². The first-order valence-electron chi connectivity index (χ1n) is 19.8. The molecule has 8 rings (SSSR count). The van der Waals surface area contributed by atoms with E-state index in [1.807, 2.05) is 80.6 Å². The van der Waals surface area contributed by atoms with Gasteiger partial charge in [-0.3, -0.25) is 5.10 Å².